The molecule has 2 aliphatic rings. The maximum Gasteiger partial charge on any atom is 0.303 e. The molecule has 0 saturated heterocycles. The molecule has 8 heteroatoms. The van der Waals surface area contributed by atoms with E-state index >= 15 is 0 Å². The number of nitrogens with one attached hydrogen (secondary N) is 3. The zero-order chi connectivity index (χ0) is 31.2. The summed E-state index contributed by atoms with van der Waals surface area (Å²) in [5, 5.41) is 19.0. The van der Waals surface area contributed by atoms with Crippen molar-refractivity contribution in [2.24, 2.45) is 7.05 Å². The molecule has 0 aliphatic carbocycles. The highest BCUT2D eigenvalue weighted by atomic mass is 16.4. The summed E-state index contributed by atoms with van der Waals surface area (Å²) in [5.41, 5.74) is 16.8. The van der Waals surface area contributed by atoms with E-state index in [9.17, 15) is 19.8 Å². The van der Waals surface area contributed by atoms with E-state index in [-0.39, 0.29) is 12.8 Å². The Morgan fingerprint density at radius 1 is 0.698 bits per heavy atom. The van der Waals surface area contributed by atoms with Gasteiger partial charge in [-0.1, -0.05) is 13.8 Å². The van der Waals surface area contributed by atoms with Crippen molar-refractivity contribution in [2.75, 3.05) is 0 Å². The van der Waals surface area contributed by atoms with Crippen molar-refractivity contribution in [1.29, 1.82) is 0 Å². The van der Waals surface area contributed by atoms with Crippen LogP contribution in [0.25, 0.3) is 44.4 Å². The van der Waals surface area contributed by atoms with Gasteiger partial charge in [0.05, 0.1) is 6.07 Å². The molecule has 5 N–H and O–H groups in total. The minimum atomic E-state index is -0.845. The van der Waals surface area contributed by atoms with Crippen LogP contribution in [0, 0.1) is 13.8 Å². The van der Waals surface area contributed by atoms with Crippen molar-refractivity contribution < 1.29 is 29.4 Å². The molecule has 224 valence electrons. The van der Waals surface area contributed by atoms with Crippen molar-refractivity contribution in [2.45, 2.75) is 80.1 Å². The molecule has 0 aromatic carbocycles. The molecule has 0 unspecified atom stereocenters. The summed E-state index contributed by atoms with van der Waals surface area (Å²) < 4.78 is 2.25. The van der Waals surface area contributed by atoms with Gasteiger partial charge in [-0.25, -0.2) is 4.98 Å². The van der Waals surface area contributed by atoms with Gasteiger partial charge in [0.2, 0.25) is 22.8 Å². The number of allylic oxidation sites excluding steroid dienone is 4. The molecule has 0 spiro atoms. The van der Waals surface area contributed by atoms with Gasteiger partial charge in [-0.2, -0.15) is 4.57 Å². The van der Waals surface area contributed by atoms with Gasteiger partial charge in [-0.3, -0.25) is 9.59 Å². The SMILES string of the molecule is CCC1=C(C)c2cc3[nH+]c(cc4[nH]c(cc5[nH]c(cc1[n+]2C)c(C)c5CC)c(C)c4CCC(=O)O)C(CCC(=O)O)=C3C. The smallest absolute Gasteiger partial charge is 0.303 e. The Labute approximate surface area is 251 Å². The number of fused-ring (bicyclic) bond motifs is 8. The number of carboxylic acid groups (broad SMARTS) is 2. The average molecular weight is 583 g/mol. The van der Waals surface area contributed by atoms with Crippen LogP contribution >= 0.6 is 0 Å². The number of hydrogen-bond acceptors (Lipinski definition) is 2. The van der Waals surface area contributed by atoms with Gasteiger partial charge < -0.3 is 20.2 Å². The van der Waals surface area contributed by atoms with Crippen LogP contribution in [0.2, 0.25) is 0 Å². The monoisotopic (exact) mass is 582 g/mol. The lowest BCUT2D eigenvalue weighted by Crippen LogP contribution is -2.32. The Balaban J connectivity index is 1.96. The fourth-order valence-electron chi connectivity index (χ4n) is 6.73. The second kappa shape index (κ2) is 11.7. The van der Waals surface area contributed by atoms with Crippen LogP contribution in [0.1, 0.15) is 98.4 Å². The number of carbonyl (C=O) groups is 2. The van der Waals surface area contributed by atoms with E-state index in [4.69, 9.17) is 0 Å². The first-order chi connectivity index (χ1) is 20.4. The third-order valence-electron chi connectivity index (χ3n) is 9.25. The molecule has 5 rings (SSSR count). The van der Waals surface area contributed by atoms with Gasteiger partial charge >= 0.3 is 11.9 Å². The largest absolute Gasteiger partial charge is 0.481 e. The first-order valence-corrected chi connectivity index (χ1v) is 15.1. The minimum Gasteiger partial charge on any atom is -0.481 e. The number of aromatic amines is 3. The van der Waals surface area contributed by atoms with Crippen molar-refractivity contribution in [3.8, 4) is 0 Å². The molecule has 3 aromatic rings. The summed E-state index contributed by atoms with van der Waals surface area (Å²) in [5.74, 6) is -1.69. The number of aliphatic carboxylic acids is 2. The Morgan fingerprint density at radius 3 is 1.93 bits per heavy atom. The minimum absolute atomic E-state index is 0.0171. The number of hydrogen-bond donors (Lipinski definition) is 4. The second-order valence-corrected chi connectivity index (χ2v) is 11.7. The fourth-order valence-corrected chi connectivity index (χ4v) is 6.73. The van der Waals surface area contributed by atoms with Crippen LogP contribution in [0.15, 0.2) is 24.3 Å². The fraction of sp³-hybridized carbons (Fsp3) is 0.371. The van der Waals surface area contributed by atoms with Crippen LogP contribution in [-0.2, 0) is 29.5 Å². The summed E-state index contributed by atoms with van der Waals surface area (Å²) in [6, 6.07) is 8.59. The lowest BCUT2D eigenvalue weighted by molar-refractivity contribution is -0.673. The highest BCUT2D eigenvalue weighted by Gasteiger charge is 2.30. The summed E-state index contributed by atoms with van der Waals surface area (Å²) in [6.45, 7) is 12.8. The molecule has 0 atom stereocenters. The van der Waals surface area contributed by atoms with Gasteiger partial charge in [-0.05, 0) is 81.7 Å². The molecule has 0 radical (unpaired) electrons. The van der Waals surface area contributed by atoms with E-state index in [0.29, 0.717) is 12.8 Å². The first kappa shape index (κ1) is 30.0. The molecule has 0 saturated carbocycles. The van der Waals surface area contributed by atoms with E-state index in [1.54, 1.807) is 0 Å². The van der Waals surface area contributed by atoms with E-state index in [0.717, 1.165) is 80.0 Å². The zero-order valence-corrected chi connectivity index (χ0v) is 26.2. The topological polar surface area (TPSA) is 124 Å². The van der Waals surface area contributed by atoms with Gasteiger partial charge in [0.25, 0.3) is 0 Å². The third-order valence-corrected chi connectivity index (χ3v) is 9.25. The van der Waals surface area contributed by atoms with E-state index in [1.165, 1.54) is 22.3 Å². The number of aromatic nitrogens is 4. The van der Waals surface area contributed by atoms with Crippen molar-refractivity contribution in [1.82, 2.24) is 9.97 Å². The summed E-state index contributed by atoms with van der Waals surface area (Å²) in [7, 11) is 2.10. The van der Waals surface area contributed by atoms with Crippen LogP contribution in [-0.4, -0.2) is 32.1 Å². The maximum atomic E-state index is 11.6. The Morgan fingerprint density at radius 2 is 1.30 bits per heavy atom. The van der Waals surface area contributed by atoms with Crippen molar-refractivity contribution in [3.05, 3.63) is 69.3 Å². The third kappa shape index (κ3) is 5.42. The molecule has 0 amide bonds. The summed E-state index contributed by atoms with van der Waals surface area (Å²) in [4.78, 5) is 34.1. The highest BCUT2D eigenvalue weighted by molar-refractivity contribution is 5.93. The lowest BCUT2D eigenvalue weighted by atomic mass is 9.99. The van der Waals surface area contributed by atoms with Crippen molar-refractivity contribution >= 4 is 56.3 Å². The number of carboxylic acids is 2. The molecule has 8 nitrogen and oxygen atoms in total. The molecule has 3 aromatic heterocycles. The average Bonchev–Trinajstić information content (AvgIpc) is 3.59. The van der Waals surface area contributed by atoms with Gasteiger partial charge in [0, 0.05) is 69.3 Å². The second-order valence-electron chi connectivity index (χ2n) is 11.7. The Kier molecular flexibility index (Phi) is 8.14. The highest BCUT2D eigenvalue weighted by Crippen LogP contribution is 2.35. The summed E-state index contributed by atoms with van der Waals surface area (Å²) in [6.07, 6.45) is 2.57. The van der Waals surface area contributed by atoms with E-state index in [2.05, 4.69) is 72.5 Å². The molecule has 8 bridgehead atoms. The zero-order valence-electron chi connectivity index (χ0n) is 26.2. The first-order valence-electron chi connectivity index (χ1n) is 15.1. The van der Waals surface area contributed by atoms with Gasteiger partial charge in [-0.15, -0.1) is 0 Å². The van der Waals surface area contributed by atoms with Gasteiger partial charge in [0.1, 0.15) is 7.05 Å². The van der Waals surface area contributed by atoms with Crippen molar-refractivity contribution in [3.63, 3.8) is 0 Å². The maximum absolute atomic E-state index is 11.6. The Bertz CT molecular complexity index is 1900. The van der Waals surface area contributed by atoms with E-state index in [1.807, 2.05) is 19.9 Å². The molecule has 43 heavy (non-hydrogen) atoms. The van der Waals surface area contributed by atoms with Crippen LogP contribution in [0.4, 0.5) is 0 Å². The lowest BCUT2D eigenvalue weighted by Gasteiger charge is -2.00. The summed E-state index contributed by atoms with van der Waals surface area (Å²) >= 11 is 0. The quantitative estimate of drug-likeness (QED) is 0.226. The molecule has 2 aliphatic heterocycles. The normalized spacial score (nSPS) is 13.3. The number of nitrogens with zero attached hydrogens (tertiary/aromatic N) is 1. The number of rotatable bonds is 8. The molecule has 0 fully saturated rings. The van der Waals surface area contributed by atoms with Gasteiger partial charge in [0.15, 0.2) is 0 Å². The molecule has 5 heterocycles. The molecular weight excluding hydrogens is 540 g/mol. The van der Waals surface area contributed by atoms with Crippen LogP contribution < -0.4 is 9.55 Å². The predicted molar refractivity (Wildman–Crippen MR) is 170 cm³/mol. The number of aryl methyl sites for hydroxylation is 4. The Hall–Kier alpha value is -4.46. The number of H-pyrrole nitrogens is 3. The van der Waals surface area contributed by atoms with Crippen LogP contribution in [0.3, 0.4) is 0 Å². The standard InChI is InChI=1S/C35H40N4O4/c1-8-22-18(3)28-17-33-23(9-2)21(6)32(39(33)7)16-27-20(5)25(11-13-35(42)43)31(38-27)15-30-24(10-12-34(40)41)19(4)26(36-30)14-29(22)37-28/h14-17H,8-13H2,1-7H3,(H3,36,37,38,40,41,42,43)/p+2. The predicted octanol–water partition coefficient (Wildman–Crippen LogP) is 6.50. The van der Waals surface area contributed by atoms with Crippen LogP contribution in [0.5, 0.6) is 0 Å². The molecular formula is C35H42N4O4+2. The van der Waals surface area contributed by atoms with E-state index < -0.39 is 11.9 Å².